The highest BCUT2D eigenvalue weighted by Gasteiger charge is 2.29. The highest BCUT2D eigenvalue weighted by atomic mass is 16.5. The summed E-state index contributed by atoms with van der Waals surface area (Å²) in [6.45, 7) is 2.45. The summed E-state index contributed by atoms with van der Waals surface area (Å²) in [5, 5.41) is 2.84. The molecule has 0 aliphatic heterocycles. The van der Waals surface area contributed by atoms with Crippen LogP contribution in [-0.2, 0) is 16.1 Å². The lowest BCUT2D eigenvalue weighted by molar-refractivity contribution is -0.116. The lowest BCUT2D eigenvalue weighted by atomic mass is 10.0. The number of ether oxygens (including phenoxy) is 1. The highest BCUT2D eigenvalue weighted by molar-refractivity contribution is 6.03. The second-order valence-corrected chi connectivity index (χ2v) is 8.27. The Hall–Kier alpha value is -4.07. The molecule has 2 aromatic heterocycles. The van der Waals surface area contributed by atoms with Gasteiger partial charge in [-0.05, 0) is 54.7 Å². The molecule has 0 saturated heterocycles. The van der Waals surface area contributed by atoms with Crippen LogP contribution in [0.2, 0.25) is 0 Å². The lowest BCUT2D eigenvalue weighted by Crippen LogP contribution is -2.32. The Morgan fingerprint density at radius 3 is 2.56 bits per heavy atom. The summed E-state index contributed by atoms with van der Waals surface area (Å²) in [6, 6.07) is 12.3. The van der Waals surface area contributed by atoms with Gasteiger partial charge in [0.2, 0.25) is 5.91 Å². The molecule has 1 N–H and O–H groups in total. The van der Waals surface area contributed by atoms with Crippen molar-refractivity contribution >= 4 is 23.5 Å². The van der Waals surface area contributed by atoms with Gasteiger partial charge in [-0.25, -0.2) is 4.79 Å². The van der Waals surface area contributed by atoms with Crippen LogP contribution in [0.5, 0.6) is 0 Å². The van der Waals surface area contributed by atoms with Crippen LogP contribution in [0.25, 0.3) is 11.3 Å². The average molecular weight is 459 g/mol. The maximum atomic E-state index is 12.5. The maximum Gasteiger partial charge on any atom is 0.340 e. The van der Waals surface area contributed by atoms with E-state index in [1.807, 2.05) is 18.2 Å². The number of benzene rings is 1. The number of carbonyl (C=O) groups excluding carboxylic acids is 3. The zero-order valence-electron chi connectivity index (χ0n) is 19.2. The second kappa shape index (κ2) is 10.2. The lowest BCUT2D eigenvalue weighted by Gasteiger charge is -2.23. The molecule has 1 aliphatic carbocycles. The number of carbonyl (C=O) groups is 3. The molecule has 1 aromatic carbocycles. The van der Waals surface area contributed by atoms with Gasteiger partial charge in [0, 0.05) is 44.2 Å². The minimum atomic E-state index is -0.523. The van der Waals surface area contributed by atoms with E-state index in [0.717, 1.165) is 18.4 Å². The van der Waals surface area contributed by atoms with Crippen molar-refractivity contribution in [2.75, 3.05) is 18.6 Å². The van der Waals surface area contributed by atoms with E-state index in [1.165, 1.54) is 20.2 Å². The molecule has 1 saturated carbocycles. The molecular formula is C26H26N4O4. The molecule has 2 heterocycles. The molecule has 8 heteroatoms. The largest absolute Gasteiger partial charge is 0.465 e. The zero-order valence-corrected chi connectivity index (χ0v) is 19.2. The Morgan fingerprint density at radius 1 is 1.12 bits per heavy atom. The van der Waals surface area contributed by atoms with Crippen molar-refractivity contribution in [3.05, 3.63) is 77.7 Å². The van der Waals surface area contributed by atoms with Gasteiger partial charge in [0.05, 0.1) is 29.6 Å². The third kappa shape index (κ3) is 5.46. The van der Waals surface area contributed by atoms with Crippen LogP contribution in [0.4, 0.5) is 5.69 Å². The Kier molecular flexibility index (Phi) is 6.96. The molecule has 3 aromatic rings. The van der Waals surface area contributed by atoms with Crippen molar-refractivity contribution in [2.45, 2.75) is 26.3 Å². The van der Waals surface area contributed by atoms with E-state index in [2.05, 4.69) is 15.3 Å². The molecule has 0 unspecified atom stereocenters. The van der Waals surface area contributed by atoms with Crippen LogP contribution in [0, 0.1) is 5.92 Å². The zero-order chi connectivity index (χ0) is 24.1. The number of nitrogens with zero attached hydrogens (tertiary/aromatic N) is 3. The number of amides is 2. The molecule has 0 bridgehead atoms. The Balaban J connectivity index is 1.54. The number of methoxy groups -OCH3 is 1. The van der Waals surface area contributed by atoms with Crippen molar-refractivity contribution in [1.82, 2.24) is 15.3 Å². The number of hydrogen-bond donors (Lipinski definition) is 1. The third-order valence-corrected chi connectivity index (χ3v) is 5.71. The first-order valence-electron chi connectivity index (χ1n) is 11.1. The van der Waals surface area contributed by atoms with Gasteiger partial charge in [-0.15, -0.1) is 0 Å². The summed E-state index contributed by atoms with van der Waals surface area (Å²) in [5.41, 5.74) is 3.43. The van der Waals surface area contributed by atoms with E-state index in [4.69, 9.17) is 4.74 Å². The van der Waals surface area contributed by atoms with E-state index >= 15 is 0 Å². The number of pyridine rings is 2. The smallest absolute Gasteiger partial charge is 0.340 e. The molecule has 174 valence electrons. The van der Waals surface area contributed by atoms with Gasteiger partial charge in [0.15, 0.2) is 0 Å². The fraction of sp³-hybridized carbons (Fsp3) is 0.269. The summed E-state index contributed by atoms with van der Waals surface area (Å²) in [6.07, 6.45) is 7.04. The monoisotopic (exact) mass is 458 g/mol. The SMILES string of the molecule is COC(=O)c1cc(-c2ccc(C(=O)NCc3cccnc3)cn2)ccc1N(CC1CC1)C(C)=O. The summed E-state index contributed by atoms with van der Waals surface area (Å²) in [7, 11) is 1.31. The molecule has 0 spiro atoms. The van der Waals surface area contributed by atoms with Crippen LogP contribution in [0.3, 0.4) is 0 Å². The van der Waals surface area contributed by atoms with Crippen LogP contribution >= 0.6 is 0 Å². The topological polar surface area (TPSA) is 101 Å². The number of rotatable bonds is 8. The predicted molar refractivity (Wildman–Crippen MR) is 127 cm³/mol. The molecule has 0 radical (unpaired) electrons. The molecule has 2 amide bonds. The van der Waals surface area contributed by atoms with Crippen molar-refractivity contribution in [3.8, 4) is 11.3 Å². The minimum Gasteiger partial charge on any atom is -0.465 e. The van der Waals surface area contributed by atoms with E-state index in [9.17, 15) is 14.4 Å². The predicted octanol–water partition coefficient (Wildman–Crippen LogP) is 3.62. The summed E-state index contributed by atoms with van der Waals surface area (Å²) < 4.78 is 4.98. The molecule has 34 heavy (non-hydrogen) atoms. The molecule has 1 aliphatic rings. The average Bonchev–Trinajstić information content (AvgIpc) is 3.70. The highest BCUT2D eigenvalue weighted by Crippen LogP contribution is 2.34. The van der Waals surface area contributed by atoms with Crippen LogP contribution in [-0.4, -0.2) is 41.4 Å². The van der Waals surface area contributed by atoms with Gasteiger partial charge in [-0.2, -0.15) is 0 Å². The Bertz CT molecular complexity index is 1190. The molecule has 0 atom stereocenters. The number of esters is 1. The summed E-state index contributed by atoms with van der Waals surface area (Å²) in [4.78, 5) is 47.4. The first-order valence-corrected chi connectivity index (χ1v) is 11.1. The van der Waals surface area contributed by atoms with Crippen LogP contribution in [0.1, 0.15) is 46.0 Å². The number of nitrogens with one attached hydrogen (secondary N) is 1. The van der Waals surface area contributed by atoms with E-state index in [0.29, 0.717) is 47.1 Å². The van der Waals surface area contributed by atoms with Crippen molar-refractivity contribution in [1.29, 1.82) is 0 Å². The quantitative estimate of drug-likeness (QED) is 0.518. The van der Waals surface area contributed by atoms with Gasteiger partial charge in [0.1, 0.15) is 0 Å². The van der Waals surface area contributed by atoms with Crippen molar-refractivity contribution in [2.24, 2.45) is 5.92 Å². The Labute approximate surface area is 198 Å². The number of aromatic nitrogens is 2. The van der Waals surface area contributed by atoms with Crippen LogP contribution < -0.4 is 10.2 Å². The van der Waals surface area contributed by atoms with Crippen molar-refractivity contribution < 1.29 is 19.1 Å². The fourth-order valence-corrected chi connectivity index (χ4v) is 3.65. The molecule has 8 nitrogen and oxygen atoms in total. The second-order valence-electron chi connectivity index (χ2n) is 8.27. The van der Waals surface area contributed by atoms with Gasteiger partial charge >= 0.3 is 5.97 Å². The fourth-order valence-electron chi connectivity index (χ4n) is 3.65. The van der Waals surface area contributed by atoms with Gasteiger partial charge in [-0.1, -0.05) is 12.1 Å². The molecule has 1 fully saturated rings. The Morgan fingerprint density at radius 2 is 1.94 bits per heavy atom. The molecule has 4 rings (SSSR count). The molecular weight excluding hydrogens is 432 g/mol. The van der Waals surface area contributed by atoms with Crippen LogP contribution in [0.15, 0.2) is 61.1 Å². The number of hydrogen-bond acceptors (Lipinski definition) is 6. The van der Waals surface area contributed by atoms with Gasteiger partial charge < -0.3 is 15.0 Å². The minimum absolute atomic E-state index is 0.121. The standard InChI is InChI=1S/C26H26N4O4/c1-17(31)30(16-18-5-6-18)24-10-8-20(12-22(24)26(33)34-2)23-9-7-21(15-28-23)25(32)29-14-19-4-3-11-27-13-19/h3-4,7-13,15,18H,5-6,14,16H2,1-2H3,(H,29,32). The normalized spacial score (nSPS) is 12.6. The maximum absolute atomic E-state index is 12.5. The summed E-state index contributed by atoms with van der Waals surface area (Å²) in [5.74, 6) is -0.423. The van der Waals surface area contributed by atoms with Gasteiger partial charge in [0.25, 0.3) is 5.91 Å². The van der Waals surface area contributed by atoms with E-state index in [1.54, 1.807) is 41.6 Å². The third-order valence-electron chi connectivity index (χ3n) is 5.71. The van der Waals surface area contributed by atoms with Crippen molar-refractivity contribution in [3.63, 3.8) is 0 Å². The van der Waals surface area contributed by atoms with E-state index in [-0.39, 0.29) is 11.8 Å². The first kappa shape index (κ1) is 23.1. The first-order chi connectivity index (χ1) is 16.5. The summed E-state index contributed by atoms with van der Waals surface area (Å²) >= 11 is 0. The van der Waals surface area contributed by atoms with E-state index < -0.39 is 5.97 Å². The number of anilines is 1. The van der Waals surface area contributed by atoms with Gasteiger partial charge in [-0.3, -0.25) is 19.6 Å².